The van der Waals surface area contributed by atoms with Crippen LogP contribution < -0.4 is 15.1 Å². The van der Waals surface area contributed by atoms with E-state index < -0.39 is 12.5 Å². The second-order valence-electron chi connectivity index (χ2n) is 5.77. The highest BCUT2D eigenvalue weighted by Crippen LogP contribution is 2.33. The van der Waals surface area contributed by atoms with Gasteiger partial charge in [0.1, 0.15) is 6.54 Å². The van der Waals surface area contributed by atoms with E-state index in [9.17, 15) is 14.4 Å². The monoisotopic (exact) mass is 319 g/mol. The summed E-state index contributed by atoms with van der Waals surface area (Å²) in [6.45, 7) is 4.40. The number of anilines is 2. The zero-order valence-corrected chi connectivity index (χ0v) is 13.3. The Balaban J connectivity index is 2.24. The molecule has 1 aliphatic heterocycles. The topological polar surface area (TPSA) is 90.0 Å². The third-order valence-corrected chi connectivity index (χ3v) is 3.69. The summed E-state index contributed by atoms with van der Waals surface area (Å²) < 4.78 is 0. The van der Waals surface area contributed by atoms with Crippen LogP contribution in [0.1, 0.15) is 13.8 Å². The fourth-order valence-electron chi connectivity index (χ4n) is 2.75. The summed E-state index contributed by atoms with van der Waals surface area (Å²) in [4.78, 5) is 38.0. The Morgan fingerprint density at radius 3 is 2.48 bits per heavy atom. The van der Waals surface area contributed by atoms with Crippen molar-refractivity contribution in [1.82, 2.24) is 5.32 Å². The van der Waals surface area contributed by atoms with E-state index in [4.69, 9.17) is 5.11 Å². The minimum absolute atomic E-state index is 0.0403. The number of rotatable bonds is 4. The summed E-state index contributed by atoms with van der Waals surface area (Å²) in [7, 11) is 0. The Bertz CT molecular complexity index is 617. The molecule has 7 heteroatoms. The molecule has 1 heterocycles. The summed E-state index contributed by atoms with van der Waals surface area (Å²) in [5.41, 5.74) is 1.58. The standard InChI is InChI=1S/C16H21N3O4/c1-11-8-18(10-15(21)17-7-16(22)23)13-5-3-4-6-14(13)19(9-11)12(2)20/h3-6,11H,7-10H2,1-2H3,(H,17,21)(H,22,23). The highest BCUT2D eigenvalue weighted by molar-refractivity contribution is 5.96. The van der Waals surface area contributed by atoms with Crippen LogP contribution >= 0.6 is 0 Å². The number of carbonyl (C=O) groups excluding carboxylic acids is 2. The molecule has 0 fully saturated rings. The van der Waals surface area contributed by atoms with Gasteiger partial charge in [0.05, 0.1) is 17.9 Å². The molecule has 0 saturated heterocycles. The second-order valence-corrected chi connectivity index (χ2v) is 5.77. The van der Waals surface area contributed by atoms with Crippen LogP contribution in [0.3, 0.4) is 0 Å². The number of aliphatic carboxylic acids is 1. The van der Waals surface area contributed by atoms with Gasteiger partial charge >= 0.3 is 5.97 Å². The van der Waals surface area contributed by atoms with Gasteiger partial charge in [-0.1, -0.05) is 19.1 Å². The molecular formula is C16H21N3O4. The van der Waals surface area contributed by atoms with E-state index in [1.165, 1.54) is 6.92 Å². The Labute approximate surface area is 134 Å². The van der Waals surface area contributed by atoms with Crippen LogP contribution in [0.2, 0.25) is 0 Å². The van der Waals surface area contributed by atoms with Crippen LogP contribution in [0.15, 0.2) is 24.3 Å². The lowest BCUT2D eigenvalue weighted by molar-refractivity contribution is -0.137. The highest BCUT2D eigenvalue weighted by atomic mass is 16.4. The SMILES string of the molecule is CC(=O)N1CC(C)CN(CC(=O)NCC(=O)O)c2ccccc21. The van der Waals surface area contributed by atoms with Gasteiger partial charge in [-0.3, -0.25) is 14.4 Å². The molecule has 0 radical (unpaired) electrons. The Hall–Kier alpha value is -2.57. The highest BCUT2D eigenvalue weighted by Gasteiger charge is 2.27. The van der Waals surface area contributed by atoms with Gasteiger partial charge in [0, 0.05) is 20.0 Å². The first-order valence-corrected chi connectivity index (χ1v) is 7.49. The lowest BCUT2D eigenvalue weighted by Crippen LogP contribution is -2.41. The maximum atomic E-state index is 12.0. The van der Waals surface area contributed by atoms with Crippen molar-refractivity contribution in [3.63, 3.8) is 0 Å². The molecule has 0 bridgehead atoms. The first-order chi connectivity index (χ1) is 10.9. The predicted octanol–water partition coefficient (Wildman–Crippen LogP) is 0.696. The third kappa shape index (κ3) is 4.21. The van der Waals surface area contributed by atoms with Crippen LogP contribution in [-0.2, 0) is 14.4 Å². The molecule has 1 unspecified atom stereocenters. The Morgan fingerprint density at radius 1 is 1.22 bits per heavy atom. The van der Waals surface area contributed by atoms with Gasteiger partial charge in [0.25, 0.3) is 0 Å². The molecule has 1 aromatic rings. The van der Waals surface area contributed by atoms with Gasteiger partial charge < -0.3 is 20.2 Å². The van der Waals surface area contributed by atoms with Crippen LogP contribution in [0.25, 0.3) is 0 Å². The van der Waals surface area contributed by atoms with E-state index in [0.717, 1.165) is 11.4 Å². The zero-order chi connectivity index (χ0) is 17.0. The minimum Gasteiger partial charge on any atom is -0.480 e. The largest absolute Gasteiger partial charge is 0.480 e. The van der Waals surface area contributed by atoms with Crippen molar-refractivity contribution in [3.8, 4) is 0 Å². The van der Waals surface area contributed by atoms with Gasteiger partial charge in [-0.05, 0) is 18.1 Å². The number of carboxylic acid groups (broad SMARTS) is 1. The van der Waals surface area contributed by atoms with E-state index in [1.807, 2.05) is 36.1 Å². The number of nitrogens with zero attached hydrogens (tertiary/aromatic N) is 2. The van der Waals surface area contributed by atoms with Crippen molar-refractivity contribution >= 4 is 29.2 Å². The molecule has 2 rings (SSSR count). The maximum absolute atomic E-state index is 12.0. The van der Waals surface area contributed by atoms with Crippen molar-refractivity contribution < 1.29 is 19.5 Å². The van der Waals surface area contributed by atoms with Crippen molar-refractivity contribution in [2.75, 3.05) is 36.0 Å². The lowest BCUT2D eigenvalue weighted by atomic mass is 10.1. The first kappa shape index (κ1) is 16.8. The lowest BCUT2D eigenvalue weighted by Gasteiger charge is -2.25. The molecule has 0 spiro atoms. The van der Waals surface area contributed by atoms with Gasteiger partial charge in [-0.2, -0.15) is 0 Å². The van der Waals surface area contributed by atoms with Crippen LogP contribution in [0, 0.1) is 5.92 Å². The van der Waals surface area contributed by atoms with E-state index in [-0.39, 0.29) is 24.3 Å². The summed E-state index contributed by atoms with van der Waals surface area (Å²) in [5, 5.41) is 11.0. The molecule has 1 atom stereocenters. The molecule has 0 saturated carbocycles. The number of hydrogen-bond acceptors (Lipinski definition) is 4. The molecule has 0 aromatic heterocycles. The van der Waals surface area contributed by atoms with Crippen molar-refractivity contribution in [1.29, 1.82) is 0 Å². The first-order valence-electron chi connectivity index (χ1n) is 7.49. The van der Waals surface area contributed by atoms with Gasteiger partial charge in [-0.25, -0.2) is 0 Å². The van der Waals surface area contributed by atoms with Crippen LogP contribution in [0.4, 0.5) is 11.4 Å². The molecular weight excluding hydrogens is 298 g/mol. The predicted molar refractivity (Wildman–Crippen MR) is 86.5 cm³/mol. The number of benzene rings is 1. The molecule has 23 heavy (non-hydrogen) atoms. The van der Waals surface area contributed by atoms with Crippen molar-refractivity contribution in [2.24, 2.45) is 5.92 Å². The number of nitrogens with one attached hydrogen (secondary N) is 1. The average molecular weight is 319 g/mol. The summed E-state index contributed by atoms with van der Waals surface area (Å²) in [5.74, 6) is -1.29. The number of carboxylic acids is 1. The maximum Gasteiger partial charge on any atom is 0.322 e. The number of carbonyl (C=O) groups is 3. The number of para-hydroxylation sites is 2. The minimum atomic E-state index is -1.08. The van der Waals surface area contributed by atoms with E-state index in [0.29, 0.717) is 13.1 Å². The van der Waals surface area contributed by atoms with Gasteiger partial charge in [0.2, 0.25) is 11.8 Å². The van der Waals surface area contributed by atoms with E-state index >= 15 is 0 Å². The van der Waals surface area contributed by atoms with Crippen LogP contribution in [-0.4, -0.2) is 49.1 Å². The average Bonchev–Trinajstić information content (AvgIpc) is 2.63. The molecule has 1 aliphatic rings. The van der Waals surface area contributed by atoms with E-state index in [1.54, 1.807) is 4.90 Å². The third-order valence-electron chi connectivity index (χ3n) is 3.69. The molecule has 2 amide bonds. The normalized spacial score (nSPS) is 17.2. The zero-order valence-electron chi connectivity index (χ0n) is 13.3. The van der Waals surface area contributed by atoms with Gasteiger partial charge in [-0.15, -0.1) is 0 Å². The van der Waals surface area contributed by atoms with Crippen LogP contribution in [0.5, 0.6) is 0 Å². The van der Waals surface area contributed by atoms with Crippen molar-refractivity contribution in [3.05, 3.63) is 24.3 Å². The fourth-order valence-corrected chi connectivity index (χ4v) is 2.75. The Morgan fingerprint density at radius 2 is 1.87 bits per heavy atom. The van der Waals surface area contributed by atoms with Crippen molar-refractivity contribution in [2.45, 2.75) is 13.8 Å². The molecule has 124 valence electrons. The number of hydrogen-bond donors (Lipinski definition) is 2. The molecule has 0 aliphatic carbocycles. The molecule has 7 nitrogen and oxygen atoms in total. The van der Waals surface area contributed by atoms with E-state index in [2.05, 4.69) is 5.32 Å². The quantitative estimate of drug-likeness (QED) is 0.852. The van der Waals surface area contributed by atoms with Gasteiger partial charge in [0.15, 0.2) is 0 Å². The second kappa shape index (κ2) is 7.13. The Kier molecular flexibility index (Phi) is 5.20. The molecule has 1 aromatic carbocycles. The number of amides is 2. The molecule has 2 N–H and O–H groups in total. The summed E-state index contributed by atoms with van der Waals surface area (Å²) >= 11 is 0. The summed E-state index contributed by atoms with van der Waals surface area (Å²) in [6.07, 6.45) is 0. The number of fused-ring (bicyclic) bond motifs is 1. The fraction of sp³-hybridized carbons (Fsp3) is 0.438. The smallest absolute Gasteiger partial charge is 0.322 e. The summed E-state index contributed by atoms with van der Waals surface area (Å²) in [6, 6.07) is 7.44.